The van der Waals surface area contributed by atoms with Gasteiger partial charge in [-0.05, 0) is 40.2 Å². The first-order chi connectivity index (χ1) is 18.1. The second-order valence-electron chi connectivity index (χ2n) is 8.65. The molecule has 2 aromatic heterocycles. The molecule has 37 heavy (non-hydrogen) atoms. The fourth-order valence-electron chi connectivity index (χ4n) is 4.48. The maximum Gasteiger partial charge on any atom is 0.187 e. The maximum atomic E-state index is 13.2. The van der Waals surface area contributed by atoms with Crippen LogP contribution in [0.4, 0.5) is 0 Å². The van der Waals surface area contributed by atoms with Crippen molar-refractivity contribution in [1.82, 2.24) is 24.8 Å². The second kappa shape index (κ2) is 9.68. The van der Waals surface area contributed by atoms with Crippen LogP contribution >= 0.6 is 15.9 Å². The number of nitrogens with zero attached hydrogens (tertiary/aromatic N) is 5. The van der Waals surface area contributed by atoms with E-state index in [0.717, 1.165) is 16.8 Å². The van der Waals surface area contributed by atoms with Crippen molar-refractivity contribution in [2.45, 2.75) is 19.6 Å². The average Bonchev–Trinajstić information content (AvgIpc) is 2.93. The molecule has 4 aromatic rings. The standard InChI is InChI=1S/C28H20BrN5O3/c29-24-26(36)20-7-2-1-6-19(20)25-28(24)37-27-21(23(35)9-8-22(27)33-25)16-34(14-17-5-3-4-10-31-17)15-18-13-30-11-12-32-18/h1-13,36H,14-16H2. The molecule has 6 rings (SSSR count). The molecule has 0 spiro atoms. The summed E-state index contributed by atoms with van der Waals surface area (Å²) in [7, 11) is 0. The van der Waals surface area contributed by atoms with Crippen LogP contribution in [-0.4, -0.2) is 29.9 Å². The Labute approximate surface area is 219 Å². The highest BCUT2D eigenvalue weighted by atomic mass is 79.9. The lowest BCUT2D eigenvalue weighted by Crippen LogP contribution is -2.27. The minimum Gasteiger partial charge on any atom is -0.506 e. The van der Waals surface area contributed by atoms with Crippen LogP contribution in [0.2, 0.25) is 0 Å². The third-order valence-electron chi connectivity index (χ3n) is 6.19. The van der Waals surface area contributed by atoms with Gasteiger partial charge in [0.05, 0.1) is 17.0 Å². The van der Waals surface area contributed by atoms with Gasteiger partial charge in [-0.15, -0.1) is 0 Å². The van der Waals surface area contributed by atoms with Gasteiger partial charge >= 0.3 is 0 Å². The molecular weight excluding hydrogens is 534 g/mol. The first-order valence-corrected chi connectivity index (χ1v) is 12.4. The molecule has 9 heteroatoms. The van der Waals surface area contributed by atoms with Gasteiger partial charge in [0.15, 0.2) is 16.8 Å². The van der Waals surface area contributed by atoms with Crippen LogP contribution in [0.5, 0.6) is 5.75 Å². The normalized spacial score (nSPS) is 11.6. The Bertz CT molecular complexity index is 1720. The molecule has 0 fully saturated rings. The van der Waals surface area contributed by atoms with Crippen LogP contribution in [0.25, 0.3) is 33.3 Å². The molecule has 182 valence electrons. The highest BCUT2D eigenvalue weighted by Crippen LogP contribution is 2.42. The zero-order chi connectivity index (χ0) is 25.4. The number of pyridine rings is 1. The lowest BCUT2D eigenvalue weighted by atomic mass is 10.1. The van der Waals surface area contributed by atoms with Gasteiger partial charge in [-0.2, -0.15) is 0 Å². The van der Waals surface area contributed by atoms with E-state index >= 15 is 0 Å². The summed E-state index contributed by atoms with van der Waals surface area (Å²) in [4.78, 5) is 33.1. The molecule has 0 amide bonds. The summed E-state index contributed by atoms with van der Waals surface area (Å²) in [6.07, 6.45) is 6.72. The van der Waals surface area contributed by atoms with Crippen molar-refractivity contribution in [3.05, 3.63) is 111 Å². The van der Waals surface area contributed by atoms with Crippen molar-refractivity contribution >= 4 is 37.8 Å². The lowest BCUT2D eigenvalue weighted by Gasteiger charge is -2.22. The Kier molecular flexibility index (Phi) is 6.07. The number of hydrogen-bond acceptors (Lipinski definition) is 8. The summed E-state index contributed by atoms with van der Waals surface area (Å²) >= 11 is 3.47. The molecular formula is C28H20BrN5O3. The van der Waals surface area contributed by atoms with Gasteiger partial charge < -0.3 is 9.52 Å². The third kappa shape index (κ3) is 4.43. The molecule has 0 bridgehead atoms. The number of rotatable bonds is 6. The van der Waals surface area contributed by atoms with E-state index in [9.17, 15) is 9.90 Å². The Morgan fingerprint density at radius 1 is 0.865 bits per heavy atom. The number of hydrogen-bond donors (Lipinski definition) is 1. The molecule has 0 saturated heterocycles. The highest BCUT2D eigenvalue weighted by Gasteiger charge is 2.23. The van der Waals surface area contributed by atoms with Gasteiger partial charge in [0.2, 0.25) is 0 Å². The second-order valence-corrected chi connectivity index (χ2v) is 9.45. The van der Waals surface area contributed by atoms with Gasteiger partial charge in [0.25, 0.3) is 0 Å². The van der Waals surface area contributed by atoms with Crippen molar-refractivity contribution in [3.8, 4) is 17.2 Å². The molecule has 2 aliphatic rings. The minimum absolute atomic E-state index is 0.0623. The van der Waals surface area contributed by atoms with Crippen molar-refractivity contribution in [2.75, 3.05) is 0 Å². The maximum absolute atomic E-state index is 13.2. The first-order valence-electron chi connectivity index (χ1n) is 11.6. The molecule has 0 saturated carbocycles. The van der Waals surface area contributed by atoms with Crippen molar-refractivity contribution in [1.29, 1.82) is 0 Å². The first kappa shape index (κ1) is 23.2. The van der Waals surface area contributed by atoms with Crippen LogP contribution in [0, 0.1) is 0 Å². The summed E-state index contributed by atoms with van der Waals surface area (Å²) in [6.45, 7) is 1.22. The SMILES string of the molecule is O=c1ccc2nc3c(oc-2c1CN(Cc1ccccn1)Cc1cnccn1)c(Br)c(O)c1ccccc13. The van der Waals surface area contributed by atoms with Gasteiger partial charge in [-0.25, -0.2) is 4.98 Å². The summed E-state index contributed by atoms with van der Waals surface area (Å²) in [5, 5.41) is 12.2. The van der Waals surface area contributed by atoms with E-state index in [1.165, 1.54) is 6.07 Å². The Morgan fingerprint density at radius 3 is 2.43 bits per heavy atom. The van der Waals surface area contributed by atoms with E-state index in [2.05, 4.69) is 35.8 Å². The fraction of sp³-hybridized carbons (Fsp3) is 0.107. The lowest BCUT2D eigenvalue weighted by molar-refractivity contribution is 0.239. The number of benzene rings is 3. The molecule has 3 heterocycles. The van der Waals surface area contributed by atoms with Crippen molar-refractivity contribution in [2.24, 2.45) is 0 Å². The summed E-state index contributed by atoms with van der Waals surface area (Å²) in [6, 6.07) is 16.4. The van der Waals surface area contributed by atoms with E-state index in [4.69, 9.17) is 9.40 Å². The van der Waals surface area contributed by atoms with E-state index < -0.39 is 0 Å². The van der Waals surface area contributed by atoms with Crippen molar-refractivity contribution in [3.63, 3.8) is 0 Å². The number of phenols is 1. The van der Waals surface area contributed by atoms with Gasteiger partial charge in [-0.3, -0.25) is 24.6 Å². The highest BCUT2D eigenvalue weighted by molar-refractivity contribution is 9.10. The van der Waals surface area contributed by atoms with E-state index in [0.29, 0.717) is 51.1 Å². The molecule has 0 radical (unpaired) electrons. The molecule has 1 aliphatic heterocycles. The smallest absolute Gasteiger partial charge is 0.187 e. The molecule has 2 aromatic carbocycles. The van der Waals surface area contributed by atoms with Gasteiger partial charge in [0, 0.05) is 55.2 Å². The van der Waals surface area contributed by atoms with Crippen molar-refractivity contribution < 1.29 is 9.52 Å². The zero-order valence-electron chi connectivity index (χ0n) is 19.5. The monoisotopic (exact) mass is 553 g/mol. The van der Waals surface area contributed by atoms with Crippen LogP contribution in [0.3, 0.4) is 0 Å². The minimum atomic E-state index is -0.163. The van der Waals surface area contributed by atoms with E-state index in [1.807, 2.05) is 42.5 Å². The predicted molar refractivity (Wildman–Crippen MR) is 143 cm³/mol. The Morgan fingerprint density at radius 2 is 1.65 bits per heavy atom. The number of halogens is 1. The van der Waals surface area contributed by atoms with E-state index in [-0.39, 0.29) is 17.7 Å². The fourth-order valence-corrected chi connectivity index (χ4v) is 4.96. The largest absolute Gasteiger partial charge is 0.506 e. The molecule has 1 N–H and O–H groups in total. The average molecular weight is 554 g/mol. The predicted octanol–water partition coefficient (Wildman–Crippen LogP) is 5.30. The summed E-state index contributed by atoms with van der Waals surface area (Å²) in [5.74, 6) is 0.438. The third-order valence-corrected chi connectivity index (χ3v) is 6.92. The number of aromatic hydroxyl groups is 1. The molecule has 1 aliphatic carbocycles. The van der Waals surface area contributed by atoms with Crippen LogP contribution in [0.15, 0.2) is 93.1 Å². The van der Waals surface area contributed by atoms with Gasteiger partial charge in [0.1, 0.15) is 21.4 Å². The van der Waals surface area contributed by atoms with Crippen LogP contribution < -0.4 is 5.43 Å². The zero-order valence-corrected chi connectivity index (χ0v) is 21.1. The topological polar surface area (TPSA) is 105 Å². The molecule has 8 nitrogen and oxygen atoms in total. The summed E-state index contributed by atoms with van der Waals surface area (Å²) < 4.78 is 6.73. The molecule has 0 unspecified atom stereocenters. The number of aromatic nitrogens is 4. The summed E-state index contributed by atoms with van der Waals surface area (Å²) in [5.41, 5.74) is 3.46. The quantitative estimate of drug-likeness (QED) is 0.219. The van der Waals surface area contributed by atoms with E-state index in [1.54, 1.807) is 30.9 Å². The van der Waals surface area contributed by atoms with Crippen LogP contribution in [0.1, 0.15) is 17.0 Å². The Hall–Kier alpha value is -4.21. The molecule has 0 atom stereocenters. The van der Waals surface area contributed by atoms with Gasteiger partial charge in [-0.1, -0.05) is 30.3 Å². The number of phenolic OH excluding ortho intramolecular Hbond substituents is 1. The Balaban J connectivity index is 1.49. The number of fused-ring (bicyclic) bond motifs is 4. The van der Waals surface area contributed by atoms with Crippen LogP contribution in [-0.2, 0) is 19.6 Å².